The predicted molar refractivity (Wildman–Crippen MR) is 122 cm³/mol. The minimum absolute atomic E-state index is 0.102. The average Bonchev–Trinajstić information content (AvgIpc) is 2.79. The lowest BCUT2D eigenvalue weighted by Crippen LogP contribution is -2.35. The third kappa shape index (κ3) is 5.91. The van der Waals surface area contributed by atoms with Gasteiger partial charge in [-0.3, -0.25) is 9.78 Å². The second kappa shape index (κ2) is 10.7. The Morgan fingerprint density at radius 1 is 1.12 bits per heavy atom. The highest BCUT2D eigenvalue weighted by Gasteiger charge is 2.30. The maximum Gasteiger partial charge on any atom is 0.257 e. The van der Waals surface area contributed by atoms with Crippen LogP contribution in [0, 0.1) is 0 Å². The molecular weight excluding hydrogens is 475 g/mol. The Bertz CT molecular complexity index is 1170. The largest absolute Gasteiger partial charge is 0.497 e. The number of aromatic nitrogens is 1. The topological polar surface area (TPSA) is 94.6 Å². The van der Waals surface area contributed by atoms with Crippen LogP contribution in [0.2, 0.25) is 10.0 Å². The lowest BCUT2D eigenvalue weighted by atomic mass is 10.2. The van der Waals surface area contributed by atoms with Crippen LogP contribution >= 0.6 is 23.2 Å². The van der Waals surface area contributed by atoms with Gasteiger partial charge in [-0.1, -0.05) is 29.3 Å². The molecule has 3 rings (SSSR count). The van der Waals surface area contributed by atoms with Crippen molar-refractivity contribution in [2.75, 3.05) is 20.3 Å². The molecule has 0 saturated heterocycles. The molecule has 0 aliphatic rings. The van der Waals surface area contributed by atoms with E-state index in [2.05, 4.69) is 10.3 Å². The van der Waals surface area contributed by atoms with E-state index in [4.69, 9.17) is 32.7 Å². The van der Waals surface area contributed by atoms with E-state index in [-0.39, 0.29) is 23.1 Å². The number of carbonyl (C=O) groups excluding carboxylic acids is 1. The van der Waals surface area contributed by atoms with Crippen LogP contribution in [0.1, 0.15) is 10.8 Å². The Kier molecular flexibility index (Phi) is 7.95. The molecule has 1 N–H and O–H groups in total. The number of carbonyl (C=O) groups is 1. The number of benzene rings is 2. The highest BCUT2D eigenvalue weighted by Crippen LogP contribution is 2.30. The van der Waals surface area contributed by atoms with Crippen molar-refractivity contribution >= 4 is 38.9 Å². The predicted octanol–water partition coefficient (Wildman–Crippen LogP) is 4.11. The number of ether oxygens (including phenoxy) is 2. The summed E-state index contributed by atoms with van der Waals surface area (Å²) in [5, 5.41) is 2.27. The smallest absolute Gasteiger partial charge is 0.257 e. The van der Waals surface area contributed by atoms with Crippen LogP contribution in [0.25, 0.3) is 0 Å². The number of halogens is 2. The van der Waals surface area contributed by atoms with E-state index < -0.39 is 21.0 Å². The number of nitrogens with zero attached hydrogens (tertiary/aromatic N) is 1. The number of nitrogens with one attached hydrogen (secondary N) is 1. The van der Waals surface area contributed by atoms with Crippen molar-refractivity contribution < 1.29 is 22.7 Å². The first-order chi connectivity index (χ1) is 15.3. The highest BCUT2D eigenvalue weighted by molar-refractivity contribution is 7.91. The Balaban J connectivity index is 1.74. The number of methoxy groups -OCH3 is 1. The SMILES string of the molecule is COc1ccc(S(=O)(=O)C(CNC(=O)COc2ccc(Cl)cc2Cl)c2cccnc2)cc1. The van der Waals surface area contributed by atoms with E-state index in [0.717, 1.165) is 0 Å². The summed E-state index contributed by atoms with van der Waals surface area (Å²) in [4.78, 5) is 16.5. The van der Waals surface area contributed by atoms with E-state index >= 15 is 0 Å². The average molecular weight is 495 g/mol. The van der Waals surface area contributed by atoms with Crippen LogP contribution < -0.4 is 14.8 Å². The fourth-order valence-electron chi connectivity index (χ4n) is 2.90. The summed E-state index contributed by atoms with van der Waals surface area (Å²) < 4.78 is 37.1. The molecule has 1 heterocycles. The van der Waals surface area contributed by atoms with Crippen molar-refractivity contribution in [2.24, 2.45) is 0 Å². The first-order valence-electron chi connectivity index (χ1n) is 9.43. The van der Waals surface area contributed by atoms with Crippen LogP contribution in [0.3, 0.4) is 0 Å². The van der Waals surface area contributed by atoms with Crippen LogP contribution in [0.5, 0.6) is 11.5 Å². The molecule has 0 radical (unpaired) electrons. The fourth-order valence-corrected chi connectivity index (χ4v) is 5.00. The molecule has 1 aromatic heterocycles. The summed E-state index contributed by atoms with van der Waals surface area (Å²) in [7, 11) is -2.34. The van der Waals surface area contributed by atoms with Crippen molar-refractivity contribution in [3.05, 3.63) is 82.6 Å². The third-order valence-electron chi connectivity index (χ3n) is 4.56. The molecule has 0 aliphatic heterocycles. The molecule has 0 saturated carbocycles. The van der Waals surface area contributed by atoms with E-state index in [9.17, 15) is 13.2 Å². The van der Waals surface area contributed by atoms with E-state index in [1.807, 2.05) is 0 Å². The van der Waals surface area contributed by atoms with Gasteiger partial charge in [0.15, 0.2) is 16.4 Å². The number of amides is 1. The standard InChI is InChI=1S/C22H20Cl2N2O5S/c1-30-17-5-7-18(8-6-17)32(28,29)21(15-3-2-10-25-12-15)13-26-22(27)14-31-20-9-4-16(23)11-19(20)24/h2-12,21H,13-14H2,1H3,(H,26,27). The quantitative estimate of drug-likeness (QED) is 0.480. The normalized spacial score (nSPS) is 12.1. The molecule has 2 aromatic carbocycles. The zero-order valence-electron chi connectivity index (χ0n) is 17.0. The number of rotatable bonds is 9. The molecule has 0 aliphatic carbocycles. The number of sulfone groups is 1. The summed E-state index contributed by atoms with van der Waals surface area (Å²) in [6.45, 7) is -0.514. The fraction of sp³-hybridized carbons (Fsp3) is 0.182. The van der Waals surface area contributed by atoms with Gasteiger partial charge in [0.25, 0.3) is 5.91 Å². The zero-order valence-corrected chi connectivity index (χ0v) is 19.3. The number of pyridine rings is 1. The van der Waals surface area contributed by atoms with Crippen molar-refractivity contribution in [3.8, 4) is 11.5 Å². The third-order valence-corrected chi connectivity index (χ3v) is 7.20. The molecule has 0 bridgehead atoms. The Morgan fingerprint density at radius 2 is 1.88 bits per heavy atom. The Labute approximate surface area is 196 Å². The molecule has 3 aromatic rings. The van der Waals surface area contributed by atoms with Gasteiger partial charge in [-0.15, -0.1) is 0 Å². The van der Waals surface area contributed by atoms with Crippen LogP contribution in [-0.4, -0.2) is 39.6 Å². The summed E-state index contributed by atoms with van der Waals surface area (Å²) in [5.41, 5.74) is 0.449. The molecule has 0 spiro atoms. The minimum atomic E-state index is -3.84. The maximum atomic E-state index is 13.3. The molecular formula is C22H20Cl2N2O5S. The lowest BCUT2D eigenvalue weighted by Gasteiger charge is -2.19. The van der Waals surface area contributed by atoms with Gasteiger partial charge in [-0.25, -0.2) is 8.42 Å². The summed E-state index contributed by atoms with van der Waals surface area (Å²) >= 11 is 11.9. The van der Waals surface area contributed by atoms with Gasteiger partial charge in [0.2, 0.25) is 0 Å². The Morgan fingerprint density at radius 3 is 2.50 bits per heavy atom. The molecule has 32 heavy (non-hydrogen) atoms. The van der Waals surface area contributed by atoms with Crippen molar-refractivity contribution in [2.45, 2.75) is 10.1 Å². The minimum Gasteiger partial charge on any atom is -0.497 e. The second-order valence-electron chi connectivity index (χ2n) is 6.66. The van der Waals surface area contributed by atoms with Crippen LogP contribution in [-0.2, 0) is 14.6 Å². The van der Waals surface area contributed by atoms with Gasteiger partial charge in [-0.2, -0.15) is 0 Å². The molecule has 7 nitrogen and oxygen atoms in total. The van der Waals surface area contributed by atoms with Gasteiger partial charge >= 0.3 is 0 Å². The molecule has 0 fully saturated rings. The molecule has 168 valence electrons. The second-order valence-corrected chi connectivity index (χ2v) is 9.64. The molecule has 1 atom stereocenters. The van der Waals surface area contributed by atoms with Gasteiger partial charge in [0.1, 0.15) is 16.7 Å². The Hall–Kier alpha value is -2.81. The van der Waals surface area contributed by atoms with Crippen molar-refractivity contribution in [3.63, 3.8) is 0 Å². The summed E-state index contributed by atoms with van der Waals surface area (Å²) in [6, 6.07) is 14.0. The maximum absolute atomic E-state index is 13.3. The van der Waals surface area contributed by atoms with Gasteiger partial charge in [0.05, 0.1) is 17.0 Å². The first kappa shape index (κ1) is 23.8. The lowest BCUT2D eigenvalue weighted by molar-refractivity contribution is -0.123. The molecule has 1 amide bonds. The van der Waals surface area contributed by atoms with Gasteiger partial charge in [-0.05, 0) is 54.1 Å². The number of hydrogen-bond acceptors (Lipinski definition) is 6. The van der Waals surface area contributed by atoms with E-state index in [1.54, 1.807) is 42.6 Å². The van der Waals surface area contributed by atoms with Crippen molar-refractivity contribution in [1.29, 1.82) is 0 Å². The van der Waals surface area contributed by atoms with Gasteiger partial charge in [0, 0.05) is 24.0 Å². The monoisotopic (exact) mass is 494 g/mol. The van der Waals surface area contributed by atoms with Crippen LogP contribution in [0.4, 0.5) is 0 Å². The van der Waals surface area contributed by atoms with Crippen LogP contribution in [0.15, 0.2) is 71.9 Å². The number of hydrogen-bond donors (Lipinski definition) is 1. The summed E-state index contributed by atoms with van der Waals surface area (Å²) in [6.07, 6.45) is 3.00. The van der Waals surface area contributed by atoms with E-state index in [0.29, 0.717) is 22.1 Å². The van der Waals surface area contributed by atoms with Crippen molar-refractivity contribution in [1.82, 2.24) is 10.3 Å². The molecule has 10 heteroatoms. The highest BCUT2D eigenvalue weighted by atomic mass is 35.5. The zero-order chi connectivity index (χ0) is 23.1. The summed E-state index contributed by atoms with van der Waals surface area (Å²) in [5.74, 6) is 0.323. The first-order valence-corrected chi connectivity index (χ1v) is 11.7. The van der Waals surface area contributed by atoms with Gasteiger partial charge < -0.3 is 14.8 Å². The molecule has 1 unspecified atom stereocenters. The van der Waals surface area contributed by atoms with E-state index in [1.165, 1.54) is 31.5 Å².